The van der Waals surface area contributed by atoms with Crippen LogP contribution in [0, 0.1) is 5.41 Å². The van der Waals surface area contributed by atoms with Crippen LogP contribution in [0.5, 0.6) is 0 Å². The van der Waals surface area contributed by atoms with Crippen molar-refractivity contribution in [2.45, 2.75) is 10.1 Å². The maximum Gasteiger partial charge on any atom is 0.151 e. The van der Waals surface area contributed by atoms with E-state index in [2.05, 4.69) is 11.1 Å². The number of fused-ring (bicyclic) bond motifs is 1. The van der Waals surface area contributed by atoms with Crippen molar-refractivity contribution in [3.63, 3.8) is 0 Å². The molecule has 3 rings (SSSR count). The minimum absolute atomic E-state index is 0.108. The van der Waals surface area contributed by atoms with E-state index in [4.69, 9.17) is 11.1 Å². The second kappa shape index (κ2) is 5.64. The number of thioether (sulfide) groups is 1. The first-order chi connectivity index (χ1) is 9.72. The van der Waals surface area contributed by atoms with Crippen LogP contribution in [-0.4, -0.2) is 10.8 Å². The van der Waals surface area contributed by atoms with Crippen molar-refractivity contribution >= 4 is 39.2 Å². The Morgan fingerprint density at radius 2 is 2.05 bits per heavy atom. The summed E-state index contributed by atoms with van der Waals surface area (Å²) in [6.07, 6.45) is 0. The molecule has 0 atom stereocenters. The van der Waals surface area contributed by atoms with Crippen molar-refractivity contribution in [2.75, 3.05) is 0 Å². The van der Waals surface area contributed by atoms with Gasteiger partial charge in [-0.3, -0.25) is 5.41 Å². The summed E-state index contributed by atoms with van der Waals surface area (Å²) in [5, 5.41) is 7.46. The highest BCUT2D eigenvalue weighted by molar-refractivity contribution is 8.00. The second-order valence-corrected chi connectivity index (χ2v) is 6.60. The largest absolute Gasteiger partial charge is 0.384 e. The van der Waals surface area contributed by atoms with Crippen LogP contribution < -0.4 is 5.73 Å². The molecule has 0 amide bonds. The lowest BCUT2D eigenvalue weighted by atomic mass is 10.1. The third-order valence-electron chi connectivity index (χ3n) is 2.87. The van der Waals surface area contributed by atoms with Crippen LogP contribution in [0.4, 0.5) is 0 Å². The third kappa shape index (κ3) is 2.84. The average molecular weight is 299 g/mol. The molecule has 0 unspecified atom stereocenters. The van der Waals surface area contributed by atoms with E-state index in [1.807, 2.05) is 42.5 Å². The maximum absolute atomic E-state index is 7.46. The molecular weight excluding hydrogens is 286 g/mol. The molecule has 2 aromatic carbocycles. The summed E-state index contributed by atoms with van der Waals surface area (Å²) in [5.41, 5.74) is 8.49. The molecule has 0 aliphatic carbocycles. The van der Waals surface area contributed by atoms with Gasteiger partial charge in [0.2, 0.25) is 0 Å². The number of nitrogen functional groups attached to an aromatic ring is 1. The third-order valence-corrected chi connectivity index (χ3v) is 5.13. The lowest BCUT2D eigenvalue weighted by molar-refractivity contribution is 1.29. The molecule has 0 saturated carbocycles. The highest BCUT2D eigenvalue weighted by Gasteiger charge is 2.05. The zero-order chi connectivity index (χ0) is 13.9. The fourth-order valence-electron chi connectivity index (χ4n) is 1.89. The Labute approximate surface area is 125 Å². The normalized spacial score (nSPS) is 10.8. The number of aromatic nitrogens is 1. The molecule has 100 valence electrons. The van der Waals surface area contributed by atoms with Crippen molar-refractivity contribution in [3.8, 4) is 0 Å². The lowest BCUT2D eigenvalue weighted by Gasteiger charge is -2.02. The molecule has 0 aliphatic rings. The van der Waals surface area contributed by atoms with E-state index in [-0.39, 0.29) is 5.84 Å². The minimum Gasteiger partial charge on any atom is -0.384 e. The summed E-state index contributed by atoms with van der Waals surface area (Å²) in [6.45, 7) is 0. The van der Waals surface area contributed by atoms with Gasteiger partial charge in [0, 0.05) is 11.3 Å². The van der Waals surface area contributed by atoms with Crippen molar-refractivity contribution in [2.24, 2.45) is 5.73 Å². The van der Waals surface area contributed by atoms with Crippen molar-refractivity contribution in [1.82, 2.24) is 4.98 Å². The summed E-state index contributed by atoms with van der Waals surface area (Å²) in [4.78, 5) is 4.60. The number of nitrogens with zero attached hydrogens (tertiary/aromatic N) is 1. The predicted octanol–water partition coefficient (Wildman–Crippen LogP) is 3.87. The molecule has 3 nitrogen and oxygen atoms in total. The number of nitrogens with one attached hydrogen (secondary N) is 1. The van der Waals surface area contributed by atoms with Crippen LogP contribution in [0.25, 0.3) is 10.2 Å². The first kappa shape index (κ1) is 13.1. The Morgan fingerprint density at radius 1 is 1.20 bits per heavy atom. The molecule has 0 bridgehead atoms. The fourth-order valence-corrected chi connectivity index (χ4v) is 3.90. The second-order valence-electron chi connectivity index (χ2n) is 4.35. The molecule has 1 aromatic heterocycles. The first-order valence-electron chi connectivity index (χ1n) is 6.14. The number of benzene rings is 2. The van der Waals surface area contributed by atoms with Gasteiger partial charge in [0.1, 0.15) is 5.84 Å². The number of nitrogens with two attached hydrogens (primary N) is 1. The summed E-state index contributed by atoms with van der Waals surface area (Å²) in [6, 6.07) is 16.0. The van der Waals surface area contributed by atoms with Crippen molar-refractivity contribution in [3.05, 3.63) is 59.7 Å². The molecule has 0 aliphatic heterocycles. The fraction of sp³-hybridized carbons (Fsp3) is 0.0667. The molecule has 20 heavy (non-hydrogen) atoms. The average Bonchev–Trinajstić information content (AvgIpc) is 2.88. The van der Waals surface area contributed by atoms with Crippen LogP contribution in [0.1, 0.15) is 11.1 Å². The molecule has 5 heteroatoms. The van der Waals surface area contributed by atoms with E-state index in [1.165, 1.54) is 4.70 Å². The van der Waals surface area contributed by atoms with Gasteiger partial charge < -0.3 is 5.73 Å². The number of hydrogen-bond donors (Lipinski definition) is 2. The van der Waals surface area contributed by atoms with Gasteiger partial charge in [-0.1, -0.05) is 42.1 Å². The van der Waals surface area contributed by atoms with E-state index < -0.39 is 0 Å². The van der Waals surface area contributed by atoms with Crippen LogP contribution in [0.2, 0.25) is 0 Å². The van der Waals surface area contributed by atoms with Crippen LogP contribution >= 0.6 is 23.1 Å². The molecule has 0 fully saturated rings. The van der Waals surface area contributed by atoms with Gasteiger partial charge in [0.25, 0.3) is 0 Å². The summed E-state index contributed by atoms with van der Waals surface area (Å²) >= 11 is 3.43. The van der Waals surface area contributed by atoms with Gasteiger partial charge >= 0.3 is 0 Å². The van der Waals surface area contributed by atoms with Crippen LogP contribution in [0.15, 0.2) is 52.9 Å². The predicted molar refractivity (Wildman–Crippen MR) is 86.6 cm³/mol. The molecule has 0 saturated heterocycles. The van der Waals surface area contributed by atoms with Crippen molar-refractivity contribution < 1.29 is 0 Å². The standard InChI is InChI=1S/C15H13N3S2/c16-14(17)11-5-3-4-10(8-11)9-19-15-18-12-6-1-2-7-13(12)20-15/h1-8H,9H2,(H3,16,17). The number of para-hydroxylation sites is 1. The SMILES string of the molecule is N=C(N)c1cccc(CSc2nc3ccccc3s2)c1. The molecule has 0 radical (unpaired) electrons. The molecule has 0 spiro atoms. The molecule has 3 N–H and O–H groups in total. The Bertz CT molecular complexity index is 731. The Balaban J connectivity index is 1.75. The number of amidine groups is 1. The zero-order valence-electron chi connectivity index (χ0n) is 10.7. The Kier molecular flexibility index (Phi) is 3.71. The number of rotatable bonds is 4. The first-order valence-corrected chi connectivity index (χ1v) is 7.94. The topological polar surface area (TPSA) is 62.8 Å². The van der Waals surface area contributed by atoms with Gasteiger partial charge in [0.05, 0.1) is 10.2 Å². The summed E-state index contributed by atoms with van der Waals surface area (Å²) < 4.78 is 2.28. The van der Waals surface area contributed by atoms with Gasteiger partial charge in [-0.15, -0.1) is 11.3 Å². The Hall–Kier alpha value is -1.85. The Morgan fingerprint density at radius 3 is 2.85 bits per heavy atom. The smallest absolute Gasteiger partial charge is 0.151 e. The minimum atomic E-state index is 0.108. The molecule has 1 heterocycles. The summed E-state index contributed by atoms with van der Waals surface area (Å²) in [5.74, 6) is 0.942. The summed E-state index contributed by atoms with van der Waals surface area (Å²) in [7, 11) is 0. The quantitative estimate of drug-likeness (QED) is 0.436. The highest BCUT2D eigenvalue weighted by Crippen LogP contribution is 2.31. The van der Waals surface area contributed by atoms with Crippen molar-refractivity contribution in [1.29, 1.82) is 5.41 Å². The van der Waals surface area contributed by atoms with E-state index >= 15 is 0 Å². The lowest BCUT2D eigenvalue weighted by Crippen LogP contribution is -2.10. The monoisotopic (exact) mass is 299 g/mol. The van der Waals surface area contributed by atoms with E-state index in [9.17, 15) is 0 Å². The van der Waals surface area contributed by atoms with E-state index in [0.29, 0.717) is 0 Å². The van der Waals surface area contributed by atoms with Crippen LogP contribution in [0.3, 0.4) is 0 Å². The molecule has 3 aromatic rings. The zero-order valence-corrected chi connectivity index (χ0v) is 12.3. The van der Waals surface area contributed by atoms with Gasteiger partial charge in [-0.05, 0) is 23.8 Å². The van der Waals surface area contributed by atoms with E-state index in [0.717, 1.165) is 26.7 Å². The molecular formula is C15H13N3S2. The number of hydrogen-bond acceptors (Lipinski definition) is 4. The van der Waals surface area contributed by atoms with Gasteiger partial charge in [-0.25, -0.2) is 4.98 Å². The van der Waals surface area contributed by atoms with Gasteiger partial charge in [-0.2, -0.15) is 0 Å². The van der Waals surface area contributed by atoms with Crippen LogP contribution in [-0.2, 0) is 5.75 Å². The highest BCUT2D eigenvalue weighted by atomic mass is 32.2. The van der Waals surface area contributed by atoms with E-state index in [1.54, 1.807) is 23.1 Å². The maximum atomic E-state index is 7.46. The van der Waals surface area contributed by atoms with Gasteiger partial charge in [0.15, 0.2) is 4.34 Å². The number of thiazole rings is 1.